The summed E-state index contributed by atoms with van der Waals surface area (Å²) in [6.07, 6.45) is 2.29. The highest BCUT2D eigenvalue weighted by Gasteiger charge is 2.45. The number of hydrogen-bond donors (Lipinski definition) is 1. The van der Waals surface area contributed by atoms with Gasteiger partial charge in [0.1, 0.15) is 11.5 Å². The van der Waals surface area contributed by atoms with Crippen LogP contribution in [0.5, 0.6) is 0 Å². The molecule has 1 saturated carbocycles. The van der Waals surface area contributed by atoms with Crippen LogP contribution in [0.3, 0.4) is 0 Å². The van der Waals surface area contributed by atoms with Crippen LogP contribution in [0.4, 0.5) is 19.1 Å². The first-order valence-electron chi connectivity index (χ1n) is 8.84. The van der Waals surface area contributed by atoms with Crippen molar-refractivity contribution in [3.63, 3.8) is 0 Å². The molecule has 0 amide bonds. The molecule has 1 aromatic carbocycles. The van der Waals surface area contributed by atoms with Crippen LogP contribution in [0.25, 0.3) is 0 Å². The van der Waals surface area contributed by atoms with E-state index in [9.17, 15) is 13.2 Å². The Balaban J connectivity index is 0.00000102. The van der Waals surface area contributed by atoms with E-state index in [1.165, 1.54) is 12.1 Å². The van der Waals surface area contributed by atoms with Crippen LogP contribution in [0.1, 0.15) is 44.2 Å². The number of alkyl halides is 2. The van der Waals surface area contributed by atoms with Crippen LogP contribution < -0.4 is 5.32 Å². The van der Waals surface area contributed by atoms with Crippen LogP contribution in [0, 0.1) is 5.82 Å². The highest BCUT2D eigenvalue weighted by atomic mass is 19.3. The molecule has 0 unspecified atom stereocenters. The van der Waals surface area contributed by atoms with Crippen LogP contribution in [-0.4, -0.2) is 27.8 Å². The fraction of sp³-hybridized carbons (Fsp3) is 0.368. The zero-order valence-electron chi connectivity index (χ0n) is 15.1. The van der Waals surface area contributed by atoms with E-state index in [0.29, 0.717) is 17.2 Å². The Bertz CT molecular complexity index is 841. The Morgan fingerprint density at radius 2 is 1.63 bits per heavy atom. The van der Waals surface area contributed by atoms with Gasteiger partial charge in [0.05, 0.1) is 11.3 Å². The number of rotatable bonds is 5. The molecule has 1 N–H and O–H groups in total. The number of halogens is 3. The van der Waals surface area contributed by atoms with Crippen molar-refractivity contribution in [1.29, 1.82) is 0 Å². The predicted molar refractivity (Wildman–Crippen MR) is 98.9 cm³/mol. The van der Waals surface area contributed by atoms with Gasteiger partial charge in [0.2, 0.25) is 5.95 Å². The lowest BCUT2D eigenvalue weighted by molar-refractivity contribution is 0.224. The Labute approximate surface area is 155 Å². The smallest absolute Gasteiger partial charge is 0.278 e. The Morgan fingerprint density at radius 1 is 1.00 bits per heavy atom. The van der Waals surface area contributed by atoms with Crippen molar-refractivity contribution in [3.8, 4) is 0 Å². The topological polar surface area (TPSA) is 62.5 Å². The fourth-order valence-electron chi connectivity index (χ4n) is 2.78. The molecule has 1 aliphatic carbocycles. The highest BCUT2D eigenvalue weighted by Crippen LogP contribution is 2.47. The van der Waals surface area contributed by atoms with E-state index >= 15 is 0 Å². The first kappa shape index (κ1) is 19.0. The minimum Gasteiger partial charge on any atom is -0.345 e. The largest absolute Gasteiger partial charge is 0.345 e. The van der Waals surface area contributed by atoms with Gasteiger partial charge in [0.15, 0.2) is 0 Å². The molecule has 4 rings (SSSR count). The standard InChI is InChI=1S/C17H14F3N5.C2H6/c18-12-3-1-11(2-4-12)17(5-6-17)23-16-21-8-10(9-22-16)13-7-14(15(19)20)25-24-13;1-2/h1-4,8-9,15H,5-7H2,(H,21,22,23);1-2H3. The van der Waals surface area contributed by atoms with Crippen LogP contribution >= 0.6 is 0 Å². The van der Waals surface area contributed by atoms with Gasteiger partial charge < -0.3 is 5.32 Å². The number of nitrogens with zero attached hydrogens (tertiary/aromatic N) is 4. The minimum absolute atomic E-state index is 0.00726. The number of anilines is 1. The first-order valence-corrected chi connectivity index (χ1v) is 8.84. The zero-order chi connectivity index (χ0) is 19.4. The van der Waals surface area contributed by atoms with E-state index in [-0.39, 0.29) is 23.5 Å². The van der Waals surface area contributed by atoms with Gasteiger partial charge in [-0.1, -0.05) is 26.0 Å². The molecule has 0 bridgehead atoms. The van der Waals surface area contributed by atoms with Crippen molar-refractivity contribution in [3.05, 3.63) is 53.6 Å². The molecule has 2 aromatic rings. The van der Waals surface area contributed by atoms with Crippen molar-refractivity contribution in [1.82, 2.24) is 9.97 Å². The second-order valence-electron chi connectivity index (χ2n) is 6.12. The lowest BCUT2D eigenvalue weighted by Gasteiger charge is -2.18. The van der Waals surface area contributed by atoms with E-state index in [1.807, 2.05) is 13.8 Å². The summed E-state index contributed by atoms with van der Waals surface area (Å²) in [4.78, 5) is 8.49. The molecule has 1 aromatic heterocycles. The molecule has 8 heteroatoms. The summed E-state index contributed by atoms with van der Waals surface area (Å²) in [5.41, 5.74) is 1.46. The monoisotopic (exact) mass is 375 g/mol. The zero-order valence-corrected chi connectivity index (χ0v) is 15.1. The van der Waals surface area contributed by atoms with Gasteiger partial charge in [0, 0.05) is 24.4 Å². The van der Waals surface area contributed by atoms with Gasteiger partial charge in [-0.15, -0.1) is 0 Å². The molecule has 0 atom stereocenters. The highest BCUT2D eigenvalue weighted by molar-refractivity contribution is 6.15. The lowest BCUT2D eigenvalue weighted by Crippen LogP contribution is -2.20. The minimum atomic E-state index is -2.60. The molecule has 1 fully saturated rings. The van der Waals surface area contributed by atoms with Gasteiger partial charge in [-0.05, 0) is 30.5 Å². The first-order chi connectivity index (χ1) is 13.1. The quantitative estimate of drug-likeness (QED) is 0.833. The summed E-state index contributed by atoms with van der Waals surface area (Å²) in [6.45, 7) is 4.00. The third kappa shape index (κ3) is 4.15. The number of hydrogen-bond acceptors (Lipinski definition) is 5. The average Bonchev–Trinajstić information content (AvgIpc) is 3.29. The predicted octanol–water partition coefficient (Wildman–Crippen LogP) is 4.56. The lowest BCUT2D eigenvalue weighted by atomic mass is 10.1. The Kier molecular flexibility index (Phi) is 5.53. The molecule has 2 heterocycles. The fourth-order valence-corrected chi connectivity index (χ4v) is 2.78. The summed E-state index contributed by atoms with van der Waals surface area (Å²) < 4.78 is 38.3. The van der Waals surface area contributed by atoms with Gasteiger partial charge in [0.25, 0.3) is 6.43 Å². The van der Waals surface area contributed by atoms with Gasteiger partial charge in [-0.25, -0.2) is 23.1 Å². The maximum Gasteiger partial charge on any atom is 0.278 e. The molecule has 0 radical (unpaired) electrons. The summed E-state index contributed by atoms with van der Waals surface area (Å²) in [6, 6.07) is 6.36. The number of benzene rings is 1. The Morgan fingerprint density at radius 3 is 2.15 bits per heavy atom. The van der Waals surface area contributed by atoms with E-state index in [4.69, 9.17) is 0 Å². The molecule has 1 aliphatic heterocycles. The van der Waals surface area contributed by atoms with E-state index < -0.39 is 6.43 Å². The molecular weight excluding hydrogens is 355 g/mol. The molecule has 142 valence electrons. The average molecular weight is 375 g/mol. The van der Waals surface area contributed by atoms with Crippen LogP contribution in [0.15, 0.2) is 46.9 Å². The molecule has 0 saturated heterocycles. The molecule has 0 spiro atoms. The summed E-state index contributed by atoms with van der Waals surface area (Å²) >= 11 is 0. The van der Waals surface area contributed by atoms with Crippen molar-refractivity contribution in [2.24, 2.45) is 10.2 Å². The van der Waals surface area contributed by atoms with Gasteiger partial charge in [-0.3, -0.25) is 0 Å². The maximum absolute atomic E-state index is 13.1. The molecule has 5 nitrogen and oxygen atoms in total. The van der Waals surface area contributed by atoms with Gasteiger partial charge >= 0.3 is 0 Å². The third-order valence-corrected chi connectivity index (χ3v) is 4.38. The van der Waals surface area contributed by atoms with Crippen molar-refractivity contribution in [2.75, 3.05) is 5.32 Å². The van der Waals surface area contributed by atoms with E-state index in [2.05, 4.69) is 25.5 Å². The van der Waals surface area contributed by atoms with E-state index in [0.717, 1.165) is 18.4 Å². The van der Waals surface area contributed by atoms with Crippen molar-refractivity contribution in [2.45, 2.75) is 45.1 Å². The van der Waals surface area contributed by atoms with Gasteiger partial charge in [-0.2, -0.15) is 10.2 Å². The second-order valence-corrected chi connectivity index (χ2v) is 6.12. The van der Waals surface area contributed by atoms with Crippen molar-refractivity contribution < 1.29 is 13.2 Å². The number of nitrogens with one attached hydrogen (secondary N) is 1. The molecular formula is C19H20F3N5. The van der Waals surface area contributed by atoms with Crippen LogP contribution in [0.2, 0.25) is 0 Å². The molecule has 27 heavy (non-hydrogen) atoms. The molecule has 2 aliphatic rings. The third-order valence-electron chi connectivity index (χ3n) is 4.38. The van der Waals surface area contributed by atoms with Crippen molar-refractivity contribution >= 4 is 17.4 Å². The number of aromatic nitrogens is 2. The second kappa shape index (κ2) is 7.85. The normalized spacial score (nSPS) is 17.0. The summed E-state index contributed by atoms with van der Waals surface area (Å²) in [7, 11) is 0. The van der Waals surface area contributed by atoms with E-state index in [1.54, 1.807) is 24.5 Å². The SMILES string of the molecule is CC.Fc1ccc(C2(Nc3ncc(C4=NN=C(C(F)F)C4)cn3)CC2)cc1. The maximum atomic E-state index is 13.1. The summed E-state index contributed by atoms with van der Waals surface area (Å²) in [5.74, 6) is 0.155. The summed E-state index contributed by atoms with van der Waals surface area (Å²) in [5, 5.41) is 10.5. The Hall–Kier alpha value is -2.77. The van der Waals surface area contributed by atoms with Crippen LogP contribution in [-0.2, 0) is 5.54 Å².